The summed E-state index contributed by atoms with van der Waals surface area (Å²) < 4.78 is 106. The van der Waals surface area contributed by atoms with Crippen LogP contribution in [-0.4, -0.2) is 78.9 Å². The maximum absolute atomic E-state index is 14.0. The molecule has 0 saturated carbocycles. The maximum Gasteiger partial charge on any atom is 0.310 e. The highest BCUT2D eigenvalue weighted by atomic mass is 32.2. The summed E-state index contributed by atoms with van der Waals surface area (Å²) in [7, 11) is -5.63. The van der Waals surface area contributed by atoms with Crippen LogP contribution in [0.15, 0.2) is 82.6 Å². The summed E-state index contributed by atoms with van der Waals surface area (Å²) in [6.45, 7) is 14.0. The quantitative estimate of drug-likeness (QED) is 0.0975. The van der Waals surface area contributed by atoms with Gasteiger partial charge in [0.2, 0.25) is 0 Å². The van der Waals surface area contributed by atoms with Crippen molar-refractivity contribution in [1.29, 1.82) is 0 Å². The molecule has 0 fully saturated rings. The number of esters is 2. The van der Waals surface area contributed by atoms with Crippen molar-refractivity contribution in [2.24, 2.45) is 11.8 Å². The van der Waals surface area contributed by atoms with Crippen LogP contribution < -0.4 is 18.1 Å². The van der Waals surface area contributed by atoms with Crippen molar-refractivity contribution in [3.05, 3.63) is 107 Å². The van der Waals surface area contributed by atoms with Crippen LogP contribution in [0.1, 0.15) is 103 Å². The Morgan fingerprint density at radius 3 is 1.24 bits per heavy atom. The number of sulfonamides is 2. The number of nitrogens with zero attached hydrogens (tertiary/aromatic N) is 2. The van der Waals surface area contributed by atoms with E-state index >= 15 is 0 Å². The minimum Gasteiger partial charge on any atom is -0.494 e. The number of ether oxygens (including phenoxy) is 4. The lowest BCUT2D eigenvalue weighted by Crippen LogP contribution is -2.40. The van der Waals surface area contributed by atoms with E-state index in [1.54, 1.807) is 65.8 Å². The second kappa shape index (κ2) is 22.5. The molecule has 0 N–H and O–H groups in total. The average molecular weight is 1010 g/mol. The number of Topliss-reactive ketones (excluding diaryl/α,β-unsaturated/α-hetero) is 2. The lowest BCUT2D eigenvalue weighted by atomic mass is 9.89. The van der Waals surface area contributed by atoms with Crippen molar-refractivity contribution in [2.75, 3.05) is 35.9 Å². The third kappa shape index (κ3) is 14.6. The number of hydrogen-bond acceptors (Lipinski definition) is 12. The topological polar surface area (TPSA) is 180 Å². The number of halogens is 2. The zero-order valence-electron chi connectivity index (χ0n) is 41.5. The molecule has 2 heterocycles. The molecule has 0 radical (unpaired) electrons. The molecule has 0 bridgehead atoms. The zero-order chi connectivity index (χ0) is 51.9. The van der Waals surface area contributed by atoms with Gasteiger partial charge in [0, 0.05) is 38.1 Å². The molecule has 4 aromatic rings. The normalized spacial score (nSPS) is 15.9. The summed E-state index contributed by atoms with van der Waals surface area (Å²) >= 11 is 0. The number of methoxy groups -OCH3 is 2. The Balaban J connectivity index is 0.000000261. The molecule has 2 atom stereocenters. The van der Waals surface area contributed by atoms with E-state index in [-0.39, 0.29) is 70.6 Å². The first-order chi connectivity index (χ1) is 32.6. The van der Waals surface area contributed by atoms with E-state index < -0.39 is 54.8 Å². The highest BCUT2D eigenvalue weighted by Gasteiger charge is 2.36. The van der Waals surface area contributed by atoms with Gasteiger partial charge in [-0.2, -0.15) is 0 Å². The fourth-order valence-electron chi connectivity index (χ4n) is 8.27. The second-order valence-corrected chi connectivity index (χ2v) is 23.5. The van der Waals surface area contributed by atoms with Gasteiger partial charge >= 0.3 is 11.9 Å². The molecule has 2 aliphatic rings. The van der Waals surface area contributed by atoms with Gasteiger partial charge in [-0.15, -0.1) is 0 Å². The van der Waals surface area contributed by atoms with Crippen LogP contribution in [0.5, 0.6) is 11.5 Å². The van der Waals surface area contributed by atoms with Crippen molar-refractivity contribution < 1.29 is 63.7 Å². The van der Waals surface area contributed by atoms with Crippen molar-refractivity contribution in [3.8, 4) is 11.5 Å². The lowest BCUT2D eigenvalue weighted by Gasteiger charge is -2.35. The number of carbonyl (C=O) groups excluding carboxylic acids is 4. The number of fused-ring (bicyclic) bond motifs is 2. The Kier molecular flexibility index (Phi) is 17.7. The smallest absolute Gasteiger partial charge is 0.310 e. The van der Waals surface area contributed by atoms with Gasteiger partial charge in [0.15, 0.2) is 23.1 Å². The first-order valence-electron chi connectivity index (χ1n) is 23.0. The molecule has 0 aromatic heterocycles. The molecule has 0 aliphatic carbocycles. The van der Waals surface area contributed by atoms with Gasteiger partial charge in [-0.25, -0.2) is 25.6 Å². The summed E-state index contributed by atoms with van der Waals surface area (Å²) in [5, 5.41) is 0. The predicted octanol–water partition coefficient (Wildman–Crippen LogP) is 8.91. The minimum atomic E-state index is -4.08. The van der Waals surface area contributed by atoms with Crippen LogP contribution in [0.2, 0.25) is 0 Å². The van der Waals surface area contributed by atoms with Gasteiger partial charge in [0.25, 0.3) is 20.0 Å². The Morgan fingerprint density at radius 2 is 0.929 bits per heavy atom. The summed E-state index contributed by atoms with van der Waals surface area (Å²) in [5.41, 5.74) is 2.51. The molecule has 4 aromatic carbocycles. The third-order valence-electron chi connectivity index (χ3n) is 11.5. The Labute approximate surface area is 410 Å². The number of carbonyl (C=O) groups is 4. The van der Waals surface area contributed by atoms with Gasteiger partial charge in [-0.3, -0.25) is 18.2 Å². The van der Waals surface area contributed by atoms with Gasteiger partial charge in [0.1, 0.15) is 22.8 Å². The van der Waals surface area contributed by atoms with E-state index in [2.05, 4.69) is 0 Å². The van der Waals surface area contributed by atoms with E-state index in [1.807, 2.05) is 12.1 Å². The van der Waals surface area contributed by atoms with Crippen molar-refractivity contribution in [2.45, 2.75) is 128 Å². The first-order valence-corrected chi connectivity index (χ1v) is 25.9. The van der Waals surface area contributed by atoms with Gasteiger partial charge in [-0.1, -0.05) is 24.3 Å². The molecular formula is C52H64F2N2O12S2. The number of benzene rings is 4. The van der Waals surface area contributed by atoms with Crippen LogP contribution in [-0.2, 0) is 74.4 Å². The van der Waals surface area contributed by atoms with Gasteiger partial charge < -0.3 is 28.5 Å². The van der Waals surface area contributed by atoms with Crippen molar-refractivity contribution in [1.82, 2.24) is 0 Å². The highest BCUT2D eigenvalue weighted by molar-refractivity contribution is 7.93. The molecule has 0 spiro atoms. The monoisotopic (exact) mass is 1010 g/mol. The summed E-state index contributed by atoms with van der Waals surface area (Å²) in [6.07, 6.45) is 3.01. The maximum atomic E-state index is 14.0. The van der Waals surface area contributed by atoms with Crippen LogP contribution in [0, 0.1) is 23.5 Å². The second-order valence-electron chi connectivity index (χ2n) is 19.7. The van der Waals surface area contributed by atoms with Crippen LogP contribution in [0.25, 0.3) is 0 Å². The number of rotatable bonds is 16. The van der Waals surface area contributed by atoms with Gasteiger partial charge in [0.05, 0.1) is 48.2 Å². The van der Waals surface area contributed by atoms with E-state index in [0.717, 1.165) is 35.4 Å². The summed E-state index contributed by atoms with van der Waals surface area (Å²) in [5.74, 6) is -2.54. The fourth-order valence-corrected chi connectivity index (χ4v) is 11.4. The van der Waals surface area contributed by atoms with E-state index in [1.165, 1.54) is 48.8 Å². The predicted molar refractivity (Wildman–Crippen MR) is 261 cm³/mol. The fraction of sp³-hybridized carbons (Fsp3) is 0.462. The van der Waals surface area contributed by atoms with E-state index in [4.69, 9.17) is 18.9 Å². The molecule has 6 rings (SSSR count). The average Bonchev–Trinajstić information content (AvgIpc) is 3.26. The molecule has 70 heavy (non-hydrogen) atoms. The molecule has 18 heteroatoms. The van der Waals surface area contributed by atoms with E-state index in [0.29, 0.717) is 61.0 Å². The Morgan fingerprint density at radius 1 is 0.571 bits per heavy atom. The molecule has 14 nitrogen and oxygen atoms in total. The van der Waals surface area contributed by atoms with Crippen LogP contribution in [0.3, 0.4) is 0 Å². The van der Waals surface area contributed by atoms with E-state index in [9.17, 15) is 44.8 Å². The number of anilines is 2. The lowest BCUT2D eigenvalue weighted by molar-refractivity contribution is -0.155. The highest BCUT2D eigenvalue weighted by Crippen LogP contribution is 2.39. The third-order valence-corrected chi connectivity index (χ3v) is 15.0. The molecular weight excluding hydrogens is 947 g/mol. The Bertz CT molecular complexity index is 2630. The van der Waals surface area contributed by atoms with Crippen LogP contribution >= 0.6 is 0 Å². The molecule has 0 unspecified atom stereocenters. The van der Waals surface area contributed by atoms with Crippen molar-refractivity contribution in [3.63, 3.8) is 0 Å². The van der Waals surface area contributed by atoms with Gasteiger partial charge in [-0.05, 0) is 152 Å². The summed E-state index contributed by atoms with van der Waals surface area (Å²) in [4.78, 5) is 47.6. The largest absolute Gasteiger partial charge is 0.494 e. The number of ketones is 2. The number of hydrogen-bond donors (Lipinski definition) is 0. The zero-order valence-corrected chi connectivity index (χ0v) is 43.2. The first kappa shape index (κ1) is 55.1. The molecule has 0 amide bonds. The molecule has 0 saturated heterocycles. The van der Waals surface area contributed by atoms with Crippen molar-refractivity contribution >= 4 is 54.9 Å². The molecule has 380 valence electrons. The SMILES string of the molecule is COc1cc(S(=O)(=O)N2C[C@@H](CCC(C)=O)Cc3ccc(CC(=O)OC(C)(C)C)cc32)ccc1F.COc1cc(S(=O)(=O)N2C[C@H](CCC(C)=O)Cc3ccc(CC(=O)OC(C)(C)C)cc32)ccc1F. The minimum absolute atomic E-state index is 0.00340. The Hall–Kier alpha value is -5.88. The van der Waals surface area contributed by atoms with Crippen LogP contribution in [0.4, 0.5) is 20.2 Å². The summed E-state index contributed by atoms with van der Waals surface area (Å²) in [6, 6.07) is 17.5. The standard InChI is InChI=1S/2C26H32FNO6S/c2*1-17(29)6-7-19-12-20-9-8-18(14-25(30)34-26(2,3)4)13-23(20)28(16-19)35(31,32)21-10-11-22(27)24(15-21)33-5/h2*8-11,13,15,19H,6-7,12,14,16H2,1-5H3/t2*19-/m10/s1. The molecule has 2 aliphatic heterocycles.